The number of halogens is 1. The number of amides is 1. The molecule has 0 N–H and O–H groups in total. The minimum Gasteiger partial charge on any atom is -0.482 e. The van der Waals surface area contributed by atoms with Gasteiger partial charge in [0.25, 0.3) is 5.91 Å². The number of para-hydroxylation sites is 3. The zero-order valence-corrected chi connectivity index (χ0v) is 18.7. The van der Waals surface area contributed by atoms with Gasteiger partial charge in [-0.15, -0.1) is 0 Å². The predicted octanol–water partition coefficient (Wildman–Crippen LogP) is 4.34. The number of carbonyl (C=O) groups excluding carboxylic acids is 1. The number of anilines is 1. The molecule has 0 fully saturated rings. The summed E-state index contributed by atoms with van der Waals surface area (Å²) in [6.45, 7) is 8.84. The van der Waals surface area contributed by atoms with Gasteiger partial charge in [-0.3, -0.25) is 9.69 Å². The smallest absolute Gasteiger partial charge is 0.273 e. The van der Waals surface area contributed by atoms with Crippen molar-refractivity contribution >= 4 is 32.6 Å². The standard InChI is InChI=1S/C23H26FN3O3S/c1-4-26(5-2)13-14-27(23-25-20-16(24)9-8-12-19(20)31-23)22(28)21-15(3)29-17-10-6-7-11-18(17)30-21/h6-12,15,21H,4-5,13-14H2,1-3H3. The van der Waals surface area contributed by atoms with Gasteiger partial charge in [0, 0.05) is 13.1 Å². The van der Waals surface area contributed by atoms with Crippen LogP contribution in [0.3, 0.4) is 0 Å². The Hall–Kier alpha value is -2.71. The summed E-state index contributed by atoms with van der Waals surface area (Å²) in [6, 6.07) is 12.2. The molecular formula is C23H26FN3O3S. The molecule has 8 heteroatoms. The molecule has 2 atom stereocenters. The van der Waals surface area contributed by atoms with Gasteiger partial charge < -0.3 is 14.4 Å². The molecule has 0 bridgehead atoms. The van der Waals surface area contributed by atoms with Crippen molar-refractivity contribution < 1.29 is 18.7 Å². The van der Waals surface area contributed by atoms with Gasteiger partial charge in [-0.05, 0) is 44.3 Å². The fourth-order valence-electron chi connectivity index (χ4n) is 3.64. The van der Waals surface area contributed by atoms with Crippen molar-refractivity contribution in [3.8, 4) is 11.5 Å². The lowest BCUT2D eigenvalue weighted by atomic mass is 10.1. The molecule has 1 aliphatic heterocycles. The van der Waals surface area contributed by atoms with Gasteiger partial charge in [0.05, 0.1) is 4.70 Å². The maximum Gasteiger partial charge on any atom is 0.273 e. The van der Waals surface area contributed by atoms with Crippen LogP contribution in [-0.4, -0.2) is 54.2 Å². The number of aromatic nitrogens is 1. The van der Waals surface area contributed by atoms with Crippen LogP contribution in [0.15, 0.2) is 42.5 Å². The molecule has 0 saturated carbocycles. The zero-order chi connectivity index (χ0) is 22.0. The Labute approximate surface area is 185 Å². The Morgan fingerprint density at radius 3 is 2.45 bits per heavy atom. The van der Waals surface area contributed by atoms with E-state index in [9.17, 15) is 9.18 Å². The number of nitrogens with zero attached hydrogens (tertiary/aromatic N) is 3. The molecule has 6 nitrogen and oxygen atoms in total. The van der Waals surface area contributed by atoms with E-state index in [1.165, 1.54) is 17.4 Å². The average Bonchev–Trinajstić information content (AvgIpc) is 3.21. The molecule has 0 saturated heterocycles. The summed E-state index contributed by atoms with van der Waals surface area (Å²) in [5.41, 5.74) is 0.280. The largest absolute Gasteiger partial charge is 0.482 e. The number of hydrogen-bond donors (Lipinski definition) is 0. The first-order valence-corrected chi connectivity index (χ1v) is 11.3. The van der Waals surface area contributed by atoms with Crippen molar-refractivity contribution in [2.45, 2.75) is 33.0 Å². The molecule has 0 radical (unpaired) electrons. The van der Waals surface area contributed by atoms with Gasteiger partial charge in [0.1, 0.15) is 17.4 Å². The Morgan fingerprint density at radius 2 is 1.77 bits per heavy atom. The molecule has 3 aromatic rings. The first kappa shape index (κ1) is 21.5. The summed E-state index contributed by atoms with van der Waals surface area (Å²) in [7, 11) is 0. The molecule has 0 spiro atoms. The van der Waals surface area contributed by atoms with E-state index in [1.807, 2.05) is 31.2 Å². The number of carbonyl (C=O) groups is 1. The topological polar surface area (TPSA) is 54.9 Å². The normalized spacial score (nSPS) is 17.8. The quantitative estimate of drug-likeness (QED) is 0.544. The predicted molar refractivity (Wildman–Crippen MR) is 121 cm³/mol. The average molecular weight is 444 g/mol. The second-order valence-corrected chi connectivity index (χ2v) is 8.42. The maximum absolute atomic E-state index is 14.3. The van der Waals surface area contributed by atoms with Crippen LogP contribution in [0.2, 0.25) is 0 Å². The number of ether oxygens (including phenoxy) is 2. The van der Waals surface area contributed by atoms with Gasteiger partial charge in [-0.1, -0.05) is 43.4 Å². The fourth-order valence-corrected chi connectivity index (χ4v) is 4.66. The van der Waals surface area contributed by atoms with Crippen molar-refractivity contribution in [1.82, 2.24) is 9.88 Å². The minimum absolute atomic E-state index is 0.242. The van der Waals surface area contributed by atoms with E-state index < -0.39 is 18.0 Å². The summed E-state index contributed by atoms with van der Waals surface area (Å²) in [5.74, 6) is 0.526. The van der Waals surface area contributed by atoms with Gasteiger partial charge in [0.2, 0.25) is 6.10 Å². The van der Waals surface area contributed by atoms with Gasteiger partial charge in [0.15, 0.2) is 16.6 Å². The molecule has 1 aliphatic rings. The van der Waals surface area contributed by atoms with E-state index in [0.717, 1.165) is 13.1 Å². The fraction of sp³-hybridized carbons (Fsp3) is 0.391. The first-order valence-electron chi connectivity index (χ1n) is 10.5. The Kier molecular flexibility index (Phi) is 6.38. The highest BCUT2D eigenvalue weighted by Crippen LogP contribution is 2.35. The minimum atomic E-state index is -0.816. The van der Waals surface area contributed by atoms with E-state index >= 15 is 0 Å². The number of fused-ring (bicyclic) bond motifs is 2. The lowest BCUT2D eigenvalue weighted by Crippen LogP contribution is -2.52. The number of benzene rings is 2. The molecule has 4 rings (SSSR count). The molecule has 1 amide bonds. The number of hydrogen-bond acceptors (Lipinski definition) is 6. The summed E-state index contributed by atoms with van der Waals surface area (Å²) < 4.78 is 26.9. The summed E-state index contributed by atoms with van der Waals surface area (Å²) in [5, 5.41) is 0.465. The molecule has 1 aromatic heterocycles. The van der Waals surface area contributed by atoms with Crippen molar-refractivity contribution in [3.05, 3.63) is 48.3 Å². The number of rotatable bonds is 7. The van der Waals surface area contributed by atoms with Crippen LogP contribution >= 0.6 is 11.3 Å². The SMILES string of the molecule is CCN(CC)CCN(C(=O)C1Oc2ccccc2OC1C)c1nc2c(F)cccc2s1. The van der Waals surface area contributed by atoms with Gasteiger partial charge in [-0.25, -0.2) is 9.37 Å². The highest BCUT2D eigenvalue weighted by molar-refractivity contribution is 7.22. The van der Waals surface area contributed by atoms with E-state index in [-0.39, 0.29) is 11.4 Å². The number of thiazole rings is 1. The molecule has 164 valence electrons. The van der Waals surface area contributed by atoms with Crippen molar-refractivity contribution in [2.24, 2.45) is 0 Å². The van der Waals surface area contributed by atoms with Crippen molar-refractivity contribution in [2.75, 3.05) is 31.1 Å². The molecular weight excluding hydrogens is 417 g/mol. The van der Waals surface area contributed by atoms with E-state index in [4.69, 9.17) is 9.47 Å². The summed E-state index contributed by atoms with van der Waals surface area (Å²) in [4.78, 5) is 21.9. The van der Waals surface area contributed by atoms with Gasteiger partial charge in [-0.2, -0.15) is 0 Å². The third-order valence-electron chi connectivity index (χ3n) is 5.48. The highest BCUT2D eigenvalue weighted by atomic mass is 32.1. The second-order valence-electron chi connectivity index (χ2n) is 7.41. The Bertz CT molecular complexity index is 1070. The third kappa shape index (κ3) is 4.36. The monoisotopic (exact) mass is 443 g/mol. The highest BCUT2D eigenvalue weighted by Gasteiger charge is 2.38. The van der Waals surface area contributed by atoms with E-state index in [2.05, 4.69) is 23.7 Å². The van der Waals surface area contributed by atoms with Gasteiger partial charge >= 0.3 is 0 Å². The Balaban J connectivity index is 1.66. The van der Waals surface area contributed by atoms with Crippen LogP contribution in [0.1, 0.15) is 20.8 Å². The molecule has 2 aromatic carbocycles. The van der Waals surface area contributed by atoms with Crippen LogP contribution < -0.4 is 14.4 Å². The molecule has 2 heterocycles. The zero-order valence-electron chi connectivity index (χ0n) is 17.9. The summed E-state index contributed by atoms with van der Waals surface area (Å²) in [6.07, 6.45) is -1.28. The second kappa shape index (κ2) is 9.20. The van der Waals surface area contributed by atoms with Crippen LogP contribution in [0, 0.1) is 5.82 Å². The molecule has 31 heavy (non-hydrogen) atoms. The van der Waals surface area contributed by atoms with Crippen LogP contribution in [0.25, 0.3) is 10.2 Å². The van der Waals surface area contributed by atoms with Crippen LogP contribution in [0.4, 0.5) is 9.52 Å². The van der Waals surface area contributed by atoms with Crippen molar-refractivity contribution in [1.29, 1.82) is 0 Å². The first-order chi connectivity index (χ1) is 15.0. The lowest BCUT2D eigenvalue weighted by Gasteiger charge is -2.34. The molecule has 0 aliphatic carbocycles. The maximum atomic E-state index is 14.3. The van der Waals surface area contributed by atoms with E-state index in [0.29, 0.717) is 34.4 Å². The van der Waals surface area contributed by atoms with Crippen LogP contribution in [-0.2, 0) is 4.79 Å². The number of likely N-dealkylation sites (N-methyl/N-ethyl adjacent to an activating group) is 1. The van der Waals surface area contributed by atoms with Crippen molar-refractivity contribution in [3.63, 3.8) is 0 Å². The van der Waals surface area contributed by atoms with Crippen LogP contribution in [0.5, 0.6) is 11.5 Å². The van der Waals surface area contributed by atoms with E-state index in [1.54, 1.807) is 17.0 Å². The molecule has 2 unspecified atom stereocenters. The third-order valence-corrected chi connectivity index (χ3v) is 6.52. The Morgan fingerprint density at radius 1 is 1.06 bits per heavy atom. The lowest BCUT2D eigenvalue weighted by molar-refractivity contribution is -0.130. The summed E-state index contributed by atoms with van der Waals surface area (Å²) >= 11 is 1.30.